The minimum Gasteiger partial charge on any atom is -0.493 e. The van der Waals surface area contributed by atoms with Crippen LogP contribution in [0, 0.1) is 0 Å². The van der Waals surface area contributed by atoms with Crippen molar-refractivity contribution in [2.45, 2.75) is 19.9 Å². The smallest absolute Gasteiger partial charge is 0.251 e. The molecule has 7 heteroatoms. The van der Waals surface area contributed by atoms with Crippen LogP contribution in [0.4, 0.5) is 0 Å². The number of hydrogen-bond donors (Lipinski definition) is 1. The van der Waals surface area contributed by atoms with Crippen LogP contribution in [0.3, 0.4) is 0 Å². The minimum atomic E-state index is -0.221. The summed E-state index contributed by atoms with van der Waals surface area (Å²) in [7, 11) is 1.56. The number of hydrogen-bond acceptors (Lipinski definition) is 5. The number of nitrogens with one attached hydrogen (secondary N) is 1. The molecule has 6 nitrogen and oxygen atoms in total. The molecule has 27 heavy (non-hydrogen) atoms. The molecule has 0 bridgehead atoms. The number of carbonyl (C=O) groups excluding carboxylic acids is 1. The van der Waals surface area contributed by atoms with E-state index in [0.717, 1.165) is 12.0 Å². The number of amides is 1. The van der Waals surface area contributed by atoms with Gasteiger partial charge in [0.05, 0.1) is 32.0 Å². The SMILES string of the molecule is CCOc1cc(C(=O)NCc2cc(Cl)c3c(c2)OCCCO3)ccc1OC. The quantitative estimate of drug-likeness (QED) is 0.810. The van der Waals surface area contributed by atoms with Crippen molar-refractivity contribution >= 4 is 17.5 Å². The molecule has 144 valence electrons. The number of rotatable bonds is 6. The van der Waals surface area contributed by atoms with Gasteiger partial charge in [-0.2, -0.15) is 0 Å². The van der Waals surface area contributed by atoms with Gasteiger partial charge in [0.2, 0.25) is 0 Å². The molecule has 0 aliphatic carbocycles. The van der Waals surface area contributed by atoms with Crippen LogP contribution in [0.1, 0.15) is 29.3 Å². The van der Waals surface area contributed by atoms with Crippen molar-refractivity contribution in [2.24, 2.45) is 0 Å². The first-order chi connectivity index (χ1) is 13.1. The average molecular weight is 392 g/mol. The Labute approximate surface area is 163 Å². The number of fused-ring (bicyclic) bond motifs is 1. The monoisotopic (exact) mass is 391 g/mol. The van der Waals surface area contributed by atoms with Gasteiger partial charge in [-0.25, -0.2) is 0 Å². The van der Waals surface area contributed by atoms with Crippen LogP contribution < -0.4 is 24.3 Å². The predicted molar refractivity (Wildman–Crippen MR) is 102 cm³/mol. The van der Waals surface area contributed by atoms with Crippen molar-refractivity contribution in [3.63, 3.8) is 0 Å². The summed E-state index contributed by atoms with van der Waals surface area (Å²) in [5.41, 5.74) is 1.32. The Kier molecular flexibility index (Phi) is 6.29. The standard InChI is InChI=1S/C20H22ClNO5/c1-3-25-17-11-14(5-6-16(17)24-2)20(23)22-12-13-9-15(21)19-18(10-13)26-7-4-8-27-19/h5-6,9-11H,3-4,7-8,12H2,1-2H3,(H,22,23). The van der Waals surface area contributed by atoms with Gasteiger partial charge in [0.15, 0.2) is 23.0 Å². The van der Waals surface area contributed by atoms with E-state index in [9.17, 15) is 4.79 Å². The normalized spacial score (nSPS) is 12.9. The molecule has 1 aliphatic heterocycles. The second-order valence-corrected chi connectivity index (χ2v) is 6.34. The highest BCUT2D eigenvalue weighted by atomic mass is 35.5. The van der Waals surface area contributed by atoms with Crippen molar-refractivity contribution in [1.82, 2.24) is 5.32 Å². The van der Waals surface area contributed by atoms with Gasteiger partial charge >= 0.3 is 0 Å². The highest BCUT2D eigenvalue weighted by molar-refractivity contribution is 6.32. The molecule has 1 heterocycles. The van der Waals surface area contributed by atoms with Gasteiger partial charge in [-0.1, -0.05) is 11.6 Å². The Hall–Kier alpha value is -2.60. The summed E-state index contributed by atoms with van der Waals surface area (Å²) >= 11 is 6.29. The highest BCUT2D eigenvalue weighted by Crippen LogP contribution is 2.38. The van der Waals surface area contributed by atoms with E-state index in [-0.39, 0.29) is 5.91 Å². The lowest BCUT2D eigenvalue weighted by atomic mass is 10.1. The molecular formula is C20H22ClNO5. The van der Waals surface area contributed by atoms with Crippen molar-refractivity contribution in [3.8, 4) is 23.0 Å². The van der Waals surface area contributed by atoms with Crippen molar-refractivity contribution in [3.05, 3.63) is 46.5 Å². The molecule has 1 amide bonds. The van der Waals surface area contributed by atoms with Crippen LogP contribution >= 0.6 is 11.6 Å². The Balaban J connectivity index is 1.71. The van der Waals surface area contributed by atoms with Gasteiger partial charge in [-0.05, 0) is 42.8 Å². The topological polar surface area (TPSA) is 66.0 Å². The van der Waals surface area contributed by atoms with Gasteiger partial charge in [-0.3, -0.25) is 4.79 Å². The first kappa shape index (κ1) is 19.2. The van der Waals surface area contributed by atoms with E-state index >= 15 is 0 Å². The molecule has 1 aliphatic rings. The Morgan fingerprint density at radius 2 is 2.00 bits per heavy atom. The van der Waals surface area contributed by atoms with Gasteiger partial charge in [0.1, 0.15) is 0 Å². The summed E-state index contributed by atoms with van der Waals surface area (Å²) in [6, 6.07) is 8.68. The Morgan fingerprint density at radius 3 is 2.78 bits per heavy atom. The van der Waals surface area contributed by atoms with Gasteiger partial charge < -0.3 is 24.3 Å². The molecule has 0 radical (unpaired) electrons. The molecule has 0 spiro atoms. The zero-order valence-electron chi connectivity index (χ0n) is 15.3. The largest absolute Gasteiger partial charge is 0.493 e. The first-order valence-electron chi connectivity index (χ1n) is 8.79. The zero-order valence-corrected chi connectivity index (χ0v) is 16.1. The summed E-state index contributed by atoms with van der Waals surface area (Å²) in [4.78, 5) is 12.5. The average Bonchev–Trinajstić information content (AvgIpc) is 2.92. The van der Waals surface area contributed by atoms with Crippen LogP contribution in [0.2, 0.25) is 5.02 Å². The summed E-state index contributed by atoms with van der Waals surface area (Å²) in [6.07, 6.45) is 0.802. The van der Waals surface area contributed by atoms with E-state index in [1.54, 1.807) is 31.4 Å². The van der Waals surface area contributed by atoms with E-state index < -0.39 is 0 Å². The fraction of sp³-hybridized carbons (Fsp3) is 0.350. The Morgan fingerprint density at radius 1 is 1.19 bits per heavy atom. The predicted octanol–water partition coefficient (Wildman–Crippen LogP) is 3.84. The van der Waals surface area contributed by atoms with Gasteiger partial charge in [0, 0.05) is 18.5 Å². The molecule has 0 atom stereocenters. The molecule has 0 aromatic heterocycles. The number of ether oxygens (including phenoxy) is 4. The highest BCUT2D eigenvalue weighted by Gasteiger charge is 2.16. The fourth-order valence-electron chi connectivity index (χ4n) is 2.76. The maximum Gasteiger partial charge on any atom is 0.251 e. The summed E-state index contributed by atoms with van der Waals surface area (Å²) in [5, 5.41) is 3.36. The molecule has 1 N–H and O–H groups in total. The van der Waals surface area contributed by atoms with E-state index in [1.165, 1.54) is 0 Å². The summed E-state index contributed by atoms with van der Waals surface area (Å²) in [6.45, 7) is 3.82. The maximum absolute atomic E-state index is 12.5. The summed E-state index contributed by atoms with van der Waals surface area (Å²) < 4.78 is 22.1. The minimum absolute atomic E-state index is 0.221. The molecule has 2 aromatic rings. The van der Waals surface area contributed by atoms with E-state index in [1.807, 2.05) is 13.0 Å². The van der Waals surface area contributed by atoms with Crippen LogP contribution in [0.5, 0.6) is 23.0 Å². The van der Waals surface area contributed by atoms with Crippen LogP contribution in [-0.2, 0) is 6.54 Å². The number of methoxy groups -OCH3 is 1. The maximum atomic E-state index is 12.5. The molecule has 0 saturated heterocycles. The number of carbonyl (C=O) groups is 1. The van der Waals surface area contributed by atoms with Crippen LogP contribution in [0.15, 0.2) is 30.3 Å². The lowest BCUT2D eigenvalue weighted by molar-refractivity contribution is 0.0950. The lowest BCUT2D eigenvalue weighted by Crippen LogP contribution is -2.23. The number of benzene rings is 2. The molecule has 0 unspecified atom stereocenters. The van der Waals surface area contributed by atoms with Gasteiger partial charge in [-0.15, -0.1) is 0 Å². The third-order valence-corrected chi connectivity index (χ3v) is 4.32. The zero-order chi connectivity index (χ0) is 19.2. The van der Waals surface area contributed by atoms with E-state index in [2.05, 4.69) is 5.32 Å². The first-order valence-corrected chi connectivity index (χ1v) is 9.17. The molecule has 0 saturated carbocycles. The van der Waals surface area contributed by atoms with Crippen molar-refractivity contribution < 1.29 is 23.7 Å². The van der Waals surface area contributed by atoms with Crippen molar-refractivity contribution in [2.75, 3.05) is 26.9 Å². The second kappa shape index (κ2) is 8.86. The third-order valence-electron chi connectivity index (χ3n) is 4.04. The molecule has 2 aromatic carbocycles. The van der Waals surface area contributed by atoms with Crippen LogP contribution in [-0.4, -0.2) is 32.8 Å². The lowest BCUT2D eigenvalue weighted by Gasteiger charge is -2.13. The van der Waals surface area contributed by atoms with Crippen LogP contribution in [0.25, 0.3) is 0 Å². The summed E-state index contributed by atoms with van der Waals surface area (Å²) in [5.74, 6) is 2.06. The molecule has 3 rings (SSSR count). The van der Waals surface area contributed by atoms with E-state index in [4.69, 9.17) is 30.5 Å². The molecular weight excluding hydrogens is 370 g/mol. The number of halogens is 1. The third kappa shape index (κ3) is 4.57. The molecule has 0 fully saturated rings. The van der Waals surface area contributed by atoms with Crippen molar-refractivity contribution in [1.29, 1.82) is 0 Å². The Bertz CT molecular complexity index is 824. The fourth-order valence-corrected chi connectivity index (χ4v) is 3.04. The van der Waals surface area contributed by atoms with Gasteiger partial charge in [0.25, 0.3) is 5.91 Å². The van der Waals surface area contributed by atoms with E-state index in [0.29, 0.717) is 59.9 Å². The second-order valence-electron chi connectivity index (χ2n) is 5.94.